The highest BCUT2D eigenvalue weighted by atomic mass is 19.4. The number of halogens is 14. The van der Waals surface area contributed by atoms with Crippen LogP contribution in [0.4, 0.5) is 61.5 Å². The van der Waals surface area contributed by atoms with Gasteiger partial charge in [0.2, 0.25) is 0 Å². The molecule has 0 rings (SSSR count). The third kappa shape index (κ3) is 4.19. The molecule has 136 valence electrons. The maximum absolute atomic E-state index is 12.5. The summed E-state index contributed by atoms with van der Waals surface area (Å²) in [5.74, 6) is -21.8. The van der Waals surface area contributed by atoms with Gasteiger partial charge in [-0.1, -0.05) is 0 Å². The van der Waals surface area contributed by atoms with Crippen molar-refractivity contribution in [2.45, 2.75) is 24.2 Å². The molecule has 0 N–H and O–H groups in total. The minimum atomic E-state index is -6.80. The smallest absolute Gasteiger partial charge is 0.400 e. The van der Waals surface area contributed by atoms with Crippen molar-refractivity contribution in [1.82, 2.24) is 0 Å². The van der Waals surface area contributed by atoms with Crippen LogP contribution in [0, 0.1) is 0 Å². The normalized spacial score (nSPS) is 16.8. The van der Waals surface area contributed by atoms with Gasteiger partial charge in [0.25, 0.3) is 11.7 Å². The van der Waals surface area contributed by atoms with Gasteiger partial charge in [0.1, 0.15) is 0 Å². The quantitative estimate of drug-likeness (QED) is 0.456. The van der Waals surface area contributed by atoms with E-state index in [9.17, 15) is 61.5 Å². The third-order valence-electron chi connectivity index (χ3n) is 1.79. The van der Waals surface area contributed by atoms with Crippen LogP contribution >= 0.6 is 0 Å². The van der Waals surface area contributed by atoms with Gasteiger partial charge in [0, 0.05) is 0 Å². The predicted octanol–water partition coefficient (Wildman–Crippen LogP) is 5.61. The second kappa shape index (κ2) is 6.07. The summed E-state index contributed by atoms with van der Waals surface area (Å²) in [7, 11) is 0. The van der Waals surface area contributed by atoms with Crippen molar-refractivity contribution in [1.29, 1.82) is 0 Å². The van der Waals surface area contributed by atoms with Crippen LogP contribution < -0.4 is 0 Å². The lowest BCUT2D eigenvalue weighted by Crippen LogP contribution is -2.38. The Morgan fingerprint density at radius 1 is 0.478 bits per heavy atom. The zero-order valence-electron chi connectivity index (χ0n) is 9.70. The first-order valence-electron chi connectivity index (χ1n) is 4.55. The van der Waals surface area contributed by atoms with Gasteiger partial charge in [-0.3, -0.25) is 0 Å². The molecule has 0 aliphatic carbocycles. The Kier molecular flexibility index (Phi) is 5.62. The molecule has 0 radical (unpaired) electrons. The summed E-state index contributed by atoms with van der Waals surface area (Å²) >= 11 is 0. The molecule has 0 aromatic rings. The number of rotatable bonds is 4. The lowest BCUT2D eigenvalue weighted by atomic mass is 10.3. The van der Waals surface area contributed by atoms with Gasteiger partial charge in [0.05, 0.1) is 0 Å². The molecule has 0 atom stereocenters. The molecule has 23 heavy (non-hydrogen) atoms. The fourth-order valence-electron chi connectivity index (χ4n) is 0.664. The van der Waals surface area contributed by atoms with E-state index in [2.05, 4.69) is 4.74 Å². The largest absolute Gasteiger partial charge is 0.460 e. The molecule has 0 spiro atoms. The number of alkyl halides is 10. The van der Waals surface area contributed by atoms with E-state index in [4.69, 9.17) is 0 Å². The number of hydrogen-bond donors (Lipinski definition) is 0. The Hall–Kier alpha value is -1.70. The Morgan fingerprint density at radius 2 is 0.696 bits per heavy atom. The number of hydrogen-bond acceptors (Lipinski definition) is 1. The van der Waals surface area contributed by atoms with Crippen LogP contribution in [0.5, 0.6) is 0 Å². The first-order chi connectivity index (χ1) is 9.87. The van der Waals surface area contributed by atoms with E-state index in [0.29, 0.717) is 0 Å². The molecule has 0 amide bonds. The van der Waals surface area contributed by atoms with E-state index in [0.717, 1.165) is 0 Å². The molecule has 0 saturated heterocycles. The molecule has 15 heteroatoms. The molecule has 0 aromatic carbocycles. The summed E-state index contributed by atoms with van der Waals surface area (Å²) in [4.78, 5) is 0. The van der Waals surface area contributed by atoms with Crippen LogP contribution in [-0.4, -0.2) is 24.2 Å². The van der Waals surface area contributed by atoms with Gasteiger partial charge < -0.3 is 4.74 Å². The highest BCUT2D eigenvalue weighted by Crippen LogP contribution is 2.45. The first-order valence-corrected chi connectivity index (χ1v) is 4.55. The van der Waals surface area contributed by atoms with E-state index < -0.39 is 47.9 Å². The Labute approximate surface area is 115 Å². The summed E-state index contributed by atoms with van der Waals surface area (Å²) in [5, 5.41) is 0. The van der Waals surface area contributed by atoms with Crippen LogP contribution in [0.15, 0.2) is 23.7 Å². The van der Waals surface area contributed by atoms with Crippen LogP contribution in [-0.2, 0) is 4.74 Å². The lowest BCUT2D eigenvalue weighted by molar-refractivity contribution is -0.273. The van der Waals surface area contributed by atoms with E-state index >= 15 is 0 Å². The predicted molar refractivity (Wildman–Crippen MR) is 41.6 cm³/mol. The fraction of sp³-hybridized carbons (Fsp3) is 0.500. The topological polar surface area (TPSA) is 9.23 Å². The Bertz CT molecular complexity index is 460. The zero-order chi connectivity index (χ0) is 19.0. The zero-order valence-corrected chi connectivity index (χ0v) is 9.70. The highest BCUT2D eigenvalue weighted by molar-refractivity contribution is 5.13. The minimum absolute atomic E-state index is 2.25. The molecule has 0 aliphatic heterocycles. The summed E-state index contributed by atoms with van der Waals surface area (Å²) in [6.45, 7) is 0. The van der Waals surface area contributed by atoms with Crippen LogP contribution in [0.25, 0.3) is 0 Å². The maximum Gasteiger partial charge on any atom is 0.460 e. The molecule has 0 aromatic heterocycles. The van der Waals surface area contributed by atoms with E-state index in [1.807, 2.05) is 0 Å². The minimum Gasteiger partial charge on any atom is -0.400 e. The number of ether oxygens (including phenoxy) is 1. The molecule has 0 aliphatic rings. The molecule has 0 fully saturated rings. The SMILES string of the molecule is F/C(O/C(F)=C(\F)C(F)(F)C(F)(F)F)=C(\F)C(F)(F)C(F)(F)F. The van der Waals surface area contributed by atoms with Crippen molar-refractivity contribution in [3.8, 4) is 0 Å². The summed E-state index contributed by atoms with van der Waals surface area (Å²) in [6, 6.07) is -7.84. The molecule has 1 nitrogen and oxygen atoms in total. The van der Waals surface area contributed by atoms with Crippen LogP contribution in [0.2, 0.25) is 0 Å². The molecular formula is C8F14O. The van der Waals surface area contributed by atoms with Crippen molar-refractivity contribution in [2.75, 3.05) is 0 Å². The van der Waals surface area contributed by atoms with Gasteiger partial charge in [0.15, 0.2) is 0 Å². The van der Waals surface area contributed by atoms with Gasteiger partial charge in [-0.2, -0.15) is 61.5 Å². The van der Waals surface area contributed by atoms with E-state index in [1.165, 1.54) is 0 Å². The van der Waals surface area contributed by atoms with Crippen molar-refractivity contribution >= 4 is 0 Å². The summed E-state index contributed by atoms with van der Waals surface area (Å²) in [6.07, 6.45) is -13.6. The van der Waals surface area contributed by atoms with Crippen LogP contribution in [0.3, 0.4) is 0 Å². The van der Waals surface area contributed by atoms with Gasteiger partial charge in [-0.15, -0.1) is 0 Å². The second-order valence-corrected chi connectivity index (χ2v) is 3.42. The Balaban J connectivity index is 5.74. The van der Waals surface area contributed by atoms with Gasteiger partial charge in [-0.05, 0) is 0 Å². The van der Waals surface area contributed by atoms with Crippen molar-refractivity contribution in [3.63, 3.8) is 0 Å². The second-order valence-electron chi connectivity index (χ2n) is 3.42. The Morgan fingerprint density at radius 3 is 0.870 bits per heavy atom. The summed E-state index contributed by atoms with van der Waals surface area (Å²) in [5.41, 5.74) is 0. The fourth-order valence-corrected chi connectivity index (χ4v) is 0.664. The third-order valence-corrected chi connectivity index (χ3v) is 1.79. The van der Waals surface area contributed by atoms with E-state index in [1.54, 1.807) is 0 Å². The van der Waals surface area contributed by atoms with Crippen molar-refractivity contribution < 1.29 is 66.2 Å². The van der Waals surface area contributed by atoms with Gasteiger partial charge >= 0.3 is 36.2 Å². The van der Waals surface area contributed by atoms with Crippen molar-refractivity contribution in [2.24, 2.45) is 0 Å². The lowest BCUT2D eigenvalue weighted by Gasteiger charge is -2.19. The molecule has 0 heterocycles. The standard InChI is InChI=1S/C8F14O/c9-1(5(13,14)7(17,18)19)3(11)23-4(12)2(10)6(15,16)8(20,21)22/b3-1-,4-2+. The molecule has 0 saturated carbocycles. The van der Waals surface area contributed by atoms with Crippen LogP contribution in [0.1, 0.15) is 0 Å². The van der Waals surface area contributed by atoms with Crippen molar-refractivity contribution in [3.05, 3.63) is 23.7 Å². The molecular weight excluding hydrogens is 378 g/mol. The first kappa shape index (κ1) is 21.3. The van der Waals surface area contributed by atoms with E-state index in [-0.39, 0.29) is 0 Å². The van der Waals surface area contributed by atoms with Gasteiger partial charge in [-0.25, -0.2) is 0 Å². The average molecular weight is 378 g/mol. The number of allylic oxidation sites excluding steroid dienone is 2. The average Bonchev–Trinajstić information content (AvgIpc) is 2.33. The molecule has 0 unspecified atom stereocenters. The monoisotopic (exact) mass is 378 g/mol. The molecule has 0 bridgehead atoms. The maximum atomic E-state index is 12.5. The highest BCUT2D eigenvalue weighted by Gasteiger charge is 2.64. The summed E-state index contributed by atoms with van der Waals surface area (Å²) < 4.78 is 170.